The summed E-state index contributed by atoms with van der Waals surface area (Å²) in [5, 5.41) is 8.66. The van der Waals surface area contributed by atoms with Gasteiger partial charge in [0, 0.05) is 6.61 Å². The zero-order chi connectivity index (χ0) is 9.68. The Bertz CT molecular complexity index is 279. The van der Waals surface area contributed by atoms with Crippen LogP contribution < -0.4 is 5.73 Å². The van der Waals surface area contributed by atoms with Crippen molar-refractivity contribution >= 4 is 5.91 Å². The van der Waals surface area contributed by atoms with Crippen LogP contribution in [0.3, 0.4) is 0 Å². The number of rotatable bonds is 4. The average molecular weight is 179 g/mol. The molecule has 0 atom stereocenters. The van der Waals surface area contributed by atoms with Crippen LogP contribution >= 0.6 is 0 Å². The predicted molar refractivity (Wildman–Crippen MR) is 50.1 cm³/mol. The number of hydrogen-bond acceptors (Lipinski definition) is 2. The Morgan fingerprint density at radius 1 is 1.23 bits per heavy atom. The maximum Gasteiger partial charge on any atom is 0.221 e. The highest BCUT2D eigenvalue weighted by Crippen LogP contribution is 2.05. The molecule has 3 heteroatoms. The van der Waals surface area contributed by atoms with E-state index in [-0.39, 0.29) is 18.9 Å². The van der Waals surface area contributed by atoms with Crippen molar-refractivity contribution in [1.82, 2.24) is 0 Å². The van der Waals surface area contributed by atoms with E-state index in [0.29, 0.717) is 6.42 Å². The number of hydrogen-bond donors (Lipinski definition) is 2. The van der Waals surface area contributed by atoms with Gasteiger partial charge in [0.25, 0.3) is 0 Å². The number of carbonyl (C=O) groups is 1. The molecule has 0 aliphatic heterocycles. The summed E-state index contributed by atoms with van der Waals surface area (Å²) in [5.74, 6) is -0.324. The smallest absolute Gasteiger partial charge is 0.221 e. The first-order valence-electron chi connectivity index (χ1n) is 4.19. The minimum Gasteiger partial charge on any atom is -0.396 e. The minimum absolute atomic E-state index is 0.148. The maximum absolute atomic E-state index is 10.6. The Morgan fingerprint density at radius 2 is 1.77 bits per heavy atom. The van der Waals surface area contributed by atoms with E-state index in [1.165, 1.54) is 0 Å². The van der Waals surface area contributed by atoms with Crippen molar-refractivity contribution in [2.75, 3.05) is 6.61 Å². The van der Waals surface area contributed by atoms with Crippen molar-refractivity contribution in [2.24, 2.45) is 5.73 Å². The number of benzene rings is 1. The van der Waals surface area contributed by atoms with Gasteiger partial charge in [-0.3, -0.25) is 4.79 Å². The minimum atomic E-state index is -0.324. The van der Waals surface area contributed by atoms with Crippen molar-refractivity contribution in [1.29, 1.82) is 0 Å². The molecule has 0 fully saturated rings. The summed E-state index contributed by atoms with van der Waals surface area (Å²) in [5.41, 5.74) is 7.02. The zero-order valence-corrected chi connectivity index (χ0v) is 7.36. The van der Waals surface area contributed by atoms with Gasteiger partial charge in [0.1, 0.15) is 0 Å². The topological polar surface area (TPSA) is 63.3 Å². The lowest BCUT2D eigenvalue weighted by molar-refractivity contribution is -0.117. The summed E-state index contributed by atoms with van der Waals surface area (Å²) in [7, 11) is 0. The molecule has 3 nitrogen and oxygen atoms in total. The van der Waals surface area contributed by atoms with Crippen molar-refractivity contribution in [2.45, 2.75) is 12.8 Å². The molecule has 0 aromatic heterocycles. The summed E-state index contributed by atoms with van der Waals surface area (Å²) in [6, 6.07) is 7.51. The molecule has 0 spiro atoms. The second-order valence-electron chi connectivity index (χ2n) is 2.93. The molecule has 0 saturated heterocycles. The summed E-state index contributed by atoms with van der Waals surface area (Å²) in [6.45, 7) is 0.148. The Labute approximate surface area is 77.2 Å². The Balaban J connectivity index is 2.64. The van der Waals surface area contributed by atoms with Crippen LogP contribution in [-0.2, 0) is 17.6 Å². The van der Waals surface area contributed by atoms with E-state index in [9.17, 15) is 4.79 Å². The van der Waals surface area contributed by atoms with Crippen molar-refractivity contribution in [3.63, 3.8) is 0 Å². The van der Waals surface area contributed by atoms with E-state index in [0.717, 1.165) is 11.1 Å². The third-order valence-electron chi connectivity index (χ3n) is 1.80. The predicted octanol–water partition coefficient (Wildman–Crippen LogP) is 0.249. The van der Waals surface area contributed by atoms with Crippen LogP contribution in [0.1, 0.15) is 11.1 Å². The number of primary amides is 1. The molecule has 1 aromatic carbocycles. The highest BCUT2D eigenvalue weighted by atomic mass is 16.2. The molecule has 1 aromatic rings. The lowest BCUT2D eigenvalue weighted by Crippen LogP contribution is -2.13. The first-order chi connectivity index (χ1) is 6.22. The number of nitrogens with two attached hydrogens (primary N) is 1. The van der Waals surface area contributed by atoms with Gasteiger partial charge in [-0.2, -0.15) is 0 Å². The molecule has 0 unspecified atom stereocenters. The molecule has 0 radical (unpaired) electrons. The highest BCUT2D eigenvalue weighted by Gasteiger charge is 1.97. The number of carbonyl (C=O) groups excluding carboxylic acids is 1. The van der Waals surface area contributed by atoms with Crippen LogP contribution in [0, 0.1) is 0 Å². The zero-order valence-electron chi connectivity index (χ0n) is 7.36. The van der Waals surface area contributed by atoms with Crippen molar-refractivity contribution < 1.29 is 9.90 Å². The molecule has 1 amide bonds. The van der Waals surface area contributed by atoms with Gasteiger partial charge in [-0.15, -0.1) is 0 Å². The van der Waals surface area contributed by atoms with E-state index in [1.807, 2.05) is 24.3 Å². The third-order valence-corrected chi connectivity index (χ3v) is 1.80. The molecule has 70 valence electrons. The normalized spacial score (nSPS) is 9.92. The first kappa shape index (κ1) is 9.74. The molecule has 0 heterocycles. The molecule has 0 saturated carbocycles. The van der Waals surface area contributed by atoms with Crippen LogP contribution in [0.15, 0.2) is 24.3 Å². The lowest BCUT2D eigenvalue weighted by Gasteiger charge is -2.00. The van der Waals surface area contributed by atoms with Crippen molar-refractivity contribution in [3.8, 4) is 0 Å². The number of amides is 1. The summed E-state index contributed by atoms with van der Waals surface area (Å²) in [6.07, 6.45) is 0.927. The highest BCUT2D eigenvalue weighted by molar-refractivity contribution is 5.76. The molecule has 13 heavy (non-hydrogen) atoms. The second kappa shape index (κ2) is 4.62. The Morgan fingerprint density at radius 3 is 2.23 bits per heavy atom. The molecular weight excluding hydrogens is 166 g/mol. The van der Waals surface area contributed by atoms with E-state index in [1.54, 1.807) is 0 Å². The fourth-order valence-corrected chi connectivity index (χ4v) is 1.15. The summed E-state index contributed by atoms with van der Waals surface area (Å²) < 4.78 is 0. The molecule has 3 N–H and O–H groups in total. The van der Waals surface area contributed by atoms with Gasteiger partial charge < -0.3 is 10.8 Å². The maximum atomic E-state index is 10.6. The quantitative estimate of drug-likeness (QED) is 0.695. The van der Waals surface area contributed by atoms with Crippen LogP contribution in [0.2, 0.25) is 0 Å². The SMILES string of the molecule is NC(=O)Cc1ccc(CCO)cc1. The van der Waals surface area contributed by atoms with Gasteiger partial charge in [0.2, 0.25) is 5.91 Å². The monoisotopic (exact) mass is 179 g/mol. The van der Waals surface area contributed by atoms with Gasteiger partial charge in [-0.05, 0) is 17.5 Å². The molecule has 0 aliphatic rings. The molecular formula is C10H13NO2. The third kappa shape index (κ3) is 3.25. The summed E-state index contributed by atoms with van der Waals surface area (Å²) >= 11 is 0. The fraction of sp³-hybridized carbons (Fsp3) is 0.300. The first-order valence-corrected chi connectivity index (χ1v) is 4.19. The number of aliphatic hydroxyl groups is 1. The summed E-state index contributed by atoms with van der Waals surface area (Å²) in [4.78, 5) is 10.6. The van der Waals surface area contributed by atoms with Crippen LogP contribution in [-0.4, -0.2) is 17.6 Å². The molecule has 0 bridgehead atoms. The largest absolute Gasteiger partial charge is 0.396 e. The van der Waals surface area contributed by atoms with Gasteiger partial charge in [-0.1, -0.05) is 24.3 Å². The molecule has 0 aliphatic carbocycles. The molecule has 1 rings (SSSR count). The second-order valence-corrected chi connectivity index (χ2v) is 2.93. The Kier molecular flexibility index (Phi) is 3.46. The average Bonchev–Trinajstić information content (AvgIpc) is 2.08. The van der Waals surface area contributed by atoms with E-state index >= 15 is 0 Å². The standard InChI is InChI=1S/C10H13NO2/c11-10(13)7-9-3-1-8(2-4-9)5-6-12/h1-4,12H,5-7H2,(H2,11,13). The van der Waals surface area contributed by atoms with E-state index < -0.39 is 0 Å². The number of aliphatic hydroxyl groups excluding tert-OH is 1. The fourth-order valence-electron chi connectivity index (χ4n) is 1.15. The van der Waals surface area contributed by atoms with Crippen LogP contribution in [0.5, 0.6) is 0 Å². The van der Waals surface area contributed by atoms with Gasteiger partial charge in [-0.25, -0.2) is 0 Å². The van der Waals surface area contributed by atoms with E-state index in [4.69, 9.17) is 10.8 Å². The van der Waals surface area contributed by atoms with Crippen LogP contribution in [0.25, 0.3) is 0 Å². The van der Waals surface area contributed by atoms with Gasteiger partial charge in [0.05, 0.1) is 6.42 Å². The van der Waals surface area contributed by atoms with Crippen LogP contribution in [0.4, 0.5) is 0 Å². The van der Waals surface area contributed by atoms with Gasteiger partial charge >= 0.3 is 0 Å². The van der Waals surface area contributed by atoms with Crippen molar-refractivity contribution in [3.05, 3.63) is 35.4 Å². The van der Waals surface area contributed by atoms with Gasteiger partial charge in [0.15, 0.2) is 0 Å². The van der Waals surface area contributed by atoms with E-state index in [2.05, 4.69) is 0 Å². The Hall–Kier alpha value is -1.35. The lowest BCUT2D eigenvalue weighted by atomic mass is 10.1.